The number of furan rings is 1. The molecule has 2 heterocycles. The first-order valence-corrected chi connectivity index (χ1v) is 7.65. The van der Waals surface area contributed by atoms with Crippen molar-refractivity contribution in [3.05, 3.63) is 60.1 Å². The summed E-state index contributed by atoms with van der Waals surface area (Å²) in [6, 6.07) is 14.3. The van der Waals surface area contributed by atoms with Crippen molar-refractivity contribution in [3.8, 4) is 0 Å². The molecule has 0 unspecified atom stereocenters. The lowest BCUT2D eigenvalue weighted by Gasteiger charge is -2.32. The van der Waals surface area contributed by atoms with Gasteiger partial charge in [-0.15, -0.1) is 0 Å². The van der Waals surface area contributed by atoms with Crippen LogP contribution in [0.4, 0.5) is 0 Å². The summed E-state index contributed by atoms with van der Waals surface area (Å²) in [5.41, 5.74) is 1.40. The number of amides is 1. The molecule has 3 rings (SSSR count). The number of hydrogen-bond acceptors (Lipinski definition) is 2. The molecular formula is C18H21NO2. The van der Waals surface area contributed by atoms with Crippen LogP contribution in [0.2, 0.25) is 0 Å². The Morgan fingerprint density at radius 2 is 1.86 bits per heavy atom. The van der Waals surface area contributed by atoms with Gasteiger partial charge in [-0.3, -0.25) is 4.79 Å². The molecule has 0 radical (unpaired) electrons. The van der Waals surface area contributed by atoms with E-state index in [9.17, 15) is 4.79 Å². The molecule has 0 saturated carbocycles. The molecule has 0 spiro atoms. The van der Waals surface area contributed by atoms with Crippen LogP contribution in [0, 0.1) is 5.92 Å². The Balaban J connectivity index is 1.47. The fraction of sp³-hybridized carbons (Fsp3) is 0.389. The molecular weight excluding hydrogens is 262 g/mol. The smallest absolute Gasteiger partial charge is 0.230 e. The highest BCUT2D eigenvalue weighted by Gasteiger charge is 2.23. The summed E-state index contributed by atoms with van der Waals surface area (Å²) >= 11 is 0. The lowest BCUT2D eigenvalue weighted by Crippen LogP contribution is -2.39. The van der Waals surface area contributed by atoms with Gasteiger partial charge in [0.1, 0.15) is 5.76 Å². The quantitative estimate of drug-likeness (QED) is 0.862. The van der Waals surface area contributed by atoms with E-state index in [1.54, 1.807) is 6.26 Å². The third-order valence-corrected chi connectivity index (χ3v) is 4.24. The van der Waals surface area contributed by atoms with Gasteiger partial charge in [-0.05, 0) is 42.9 Å². The maximum atomic E-state index is 12.2. The number of piperidine rings is 1. The zero-order valence-electron chi connectivity index (χ0n) is 12.2. The van der Waals surface area contributed by atoms with Gasteiger partial charge >= 0.3 is 0 Å². The van der Waals surface area contributed by atoms with Gasteiger partial charge in [0.15, 0.2) is 0 Å². The van der Waals surface area contributed by atoms with Crippen molar-refractivity contribution < 1.29 is 9.21 Å². The molecule has 0 atom stereocenters. The number of carbonyl (C=O) groups is 1. The number of hydrogen-bond donors (Lipinski definition) is 0. The van der Waals surface area contributed by atoms with E-state index in [2.05, 4.69) is 30.3 Å². The molecule has 1 amide bonds. The third-order valence-electron chi connectivity index (χ3n) is 4.24. The Hall–Kier alpha value is -2.03. The van der Waals surface area contributed by atoms with E-state index >= 15 is 0 Å². The molecule has 1 aliphatic heterocycles. The van der Waals surface area contributed by atoms with E-state index in [4.69, 9.17) is 4.42 Å². The summed E-state index contributed by atoms with van der Waals surface area (Å²) in [6.45, 7) is 1.74. The molecule has 0 N–H and O–H groups in total. The average Bonchev–Trinajstić information content (AvgIpc) is 3.02. The van der Waals surface area contributed by atoms with Crippen molar-refractivity contribution >= 4 is 5.91 Å². The third kappa shape index (κ3) is 3.75. The van der Waals surface area contributed by atoms with Crippen LogP contribution in [0.1, 0.15) is 24.2 Å². The zero-order chi connectivity index (χ0) is 14.5. The first kappa shape index (κ1) is 13.9. The maximum absolute atomic E-state index is 12.2. The van der Waals surface area contributed by atoms with E-state index in [1.807, 2.05) is 17.0 Å². The van der Waals surface area contributed by atoms with Crippen LogP contribution in [0.15, 0.2) is 53.1 Å². The van der Waals surface area contributed by atoms with Gasteiger partial charge in [-0.1, -0.05) is 30.3 Å². The highest BCUT2D eigenvalue weighted by molar-refractivity contribution is 5.78. The first-order chi connectivity index (χ1) is 10.3. The summed E-state index contributed by atoms with van der Waals surface area (Å²) in [6.07, 6.45) is 5.32. The molecule has 1 fully saturated rings. The van der Waals surface area contributed by atoms with Crippen LogP contribution < -0.4 is 0 Å². The van der Waals surface area contributed by atoms with E-state index in [1.165, 1.54) is 5.56 Å². The molecule has 0 aliphatic carbocycles. The fourth-order valence-electron chi connectivity index (χ4n) is 3.01. The predicted molar refractivity (Wildman–Crippen MR) is 81.9 cm³/mol. The van der Waals surface area contributed by atoms with Crippen LogP contribution in [0.25, 0.3) is 0 Å². The number of benzene rings is 1. The summed E-state index contributed by atoms with van der Waals surface area (Å²) in [5, 5.41) is 0. The summed E-state index contributed by atoms with van der Waals surface area (Å²) in [4.78, 5) is 14.2. The minimum Gasteiger partial charge on any atom is -0.469 e. The van der Waals surface area contributed by atoms with Gasteiger partial charge in [0, 0.05) is 13.1 Å². The lowest BCUT2D eigenvalue weighted by atomic mass is 9.90. The first-order valence-electron chi connectivity index (χ1n) is 7.65. The largest absolute Gasteiger partial charge is 0.469 e. The second-order valence-electron chi connectivity index (χ2n) is 5.77. The molecule has 2 aromatic rings. The van der Waals surface area contributed by atoms with E-state index in [0.717, 1.165) is 38.1 Å². The Kier molecular flexibility index (Phi) is 4.39. The number of nitrogens with zero attached hydrogens (tertiary/aromatic N) is 1. The Bertz CT molecular complexity index is 554. The van der Waals surface area contributed by atoms with Crippen LogP contribution >= 0.6 is 0 Å². The van der Waals surface area contributed by atoms with Crippen molar-refractivity contribution in [2.75, 3.05) is 13.1 Å². The van der Waals surface area contributed by atoms with E-state index in [-0.39, 0.29) is 5.91 Å². The second-order valence-corrected chi connectivity index (χ2v) is 5.77. The molecule has 21 heavy (non-hydrogen) atoms. The van der Waals surface area contributed by atoms with E-state index in [0.29, 0.717) is 12.3 Å². The average molecular weight is 283 g/mol. The Labute approximate surface area is 125 Å². The molecule has 1 saturated heterocycles. The standard InChI is InChI=1S/C18H21NO2/c20-18(14-17-7-4-12-21-17)19-10-8-16(9-11-19)13-15-5-2-1-3-6-15/h1-7,12,16H,8-11,13-14H2. The van der Waals surface area contributed by atoms with Crippen molar-refractivity contribution in [3.63, 3.8) is 0 Å². The predicted octanol–water partition coefficient (Wildman–Crippen LogP) is 3.30. The second kappa shape index (κ2) is 6.61. The van der Waals surface area contributed by atoms with Crippen LogP contribution in [0.3, 0.4) is 0 Å². The summed E-state index contributed by atoms with van der Waals surface area (Å²) in [7, 11) is 0. The van der Waals surface area contributed by atoms with E-state index < -0.39 is 0 Å². The number of rotatable bonds is 4. The van der Waals surface area contributed by atoms with Crippen LogP contribution in [-0.2, 0) is 17.6 Å². The minimum atomic E-state index is 0.183. The number of carbonyl (C=O) groups excluding carboxylic acids is 1. The molecule has 1 aliphatic rings. The molecule has 0 bridgehead atoms. The van der Waals surface area contributed by atoms with Gasteiger partial charge in [-0.2, -0.15) is 0 Å². The Morgan fingerprint density at radius 3 is 2.52 bits per heavy atom. The monoisotopic (exact) mass is 283 g/mol. The maximum Gasteiger partial charge on any atom is 0.230 e. The summed E-state index contributed by atoms with van der Waals surface area (Å²) in [5.74, 6) is 1.63. The Morgan fingerprint density at radius 1 is 1.10 bits per heavy atom. The molecule has 1 aromatic heterocycles. The van der Waals surface area contributed by atoms with Crippen molar-refractivity contribution in [2.24, 2.45) is 5.92 Å². The van der Waals surface area contributed by atoms with Crippen molar-refractivity contribution in [1.29, 1.82) is 0 Å². The number of likely N-dealkylation sites (tertiary alicyclic amines) is 1. The molecule has 1 aromatic carbocycles. The van der Waals surface area contributed by atoms with Gasteiger partial charge < -0.3 is 9.32 Å². The van der Waals surface area contributed by atoms with Crippen LogP contribution in [-0.4, -0.2) is 23.9 Å². The molecule has 3 nitrogen and oxygen atoms in total. The highest BCUT2D eigenvalue weighted by Crippen LogP contribution is 2.22. The highest BCUT2D eigenvalue weighted by atomic mass is 16.3. The van der Waals surface area contributed by atoms with Gasteiger partial charge in [0.2, 0.25) is 5.91 Å². The lowest BCUT2D eigenvalue weighted by molar-refractivity contribution is -0.132. The topological polar surface area (TPSA) is 33.5 Å². The SMILES string of the molecule is O=C(Cc1ccco1)N1CCC(Cc2ccccc2)CC1. The molecule has 110 valence electrons. The van der Waals surface area contributed by atoms with Gasteiger partial charge in [0.05, 0.1) is 12.7 Å². The van der Waals surface area contributed by atoms with Gasteiger partial charge in [-0.25, -0.2) is 0 Å². The van der Waals surface area contributed by atoms with Crippen molar-refractivity contribution in [2.45, 2.75) is 25.7 Å². The normalized spacial score (nSPS) is 16.1. The fourth-order valence-corrected chi connectivity index (χ4v) is 3.01. The molecule has 3 heteroatoms. The summed E-state index contributed by atoms with van der Waals surface area (Å²) < 4.78 is 5.25. The van der Waals surface area contributed by atoms with Crippen LogP contribution in [0.5, 0.6) is 0 Å². The van der Waals surface area contributed by atoms with Crippen molar-refractivity contribution in [1.82, 2.24) is 4.90 Å². The minimum absolute atomic E-state index is 0.183. The zero-order valence-corrected chi connectivity index (χ0v) is 12.2. The van der Waals surface area contributed by atoms with Gasteiger partial charge in [0.25, 0.3) is 0 Å².